The maximum atomic E-state index is 13.4. The first-order valence-corrected chi connectivity index (χ1v) is 18.9. The number of likely N-dealkylation sites (N-methyl/N-ethyl adjacent to an activating group) is 1. The van der Waals surface area contributed by atoms with Gasteiger partial charge in [0.25, 0.3) is 0 Å². The number of hydrogen-bond acceptors (Lipinski definition) is 9. The number of benzene rings is 1. The van der Waals surface area contributed by atoms with Crippen LogP contribution in [0.25, 0.3) is 0 Å². The number of aliphatic carboxylic acids is 3. The van der Waals surface area contributed by atoms with E-state index in [1.807, 2.05) is 0 Å². The number of piperazine rings is 1. The molecule has 1 aliphatic rings. The highest BCUT2D eigenvalue weighted by Gasteiger charge is 2.49. The van der Waals surface area contributed by atoms with Gasteiger partial charge in [-0.2, -0.15) is 0 Å². The molecule has 1 heterocycles. The first kappa shape index (κ1) is 44.4. The van der Waals surface area contributed by atoms with E-state index in [2.05, 4.69) is 29.1 Å². The monoisotopic (exact) mass is 731 g/mol. The topological polar surface area (TPSA) is 194 Å². The van der Waals surface area contributed by atoms with Gasteiger partial charge < -0.3 is 40.3 Å². The van der Waals surface area contributed by atoms with Gasteiger partial charge in [-0.3, -0.25) is 14.4 Å². The molecule has 1 aromatic carbocycles. The number of carboxylic acid groups (broad SMARTS) is 3. The zero-order valence-electron chi connectivity index (χ0n) is 31.1. The lowest BCUT2D eigenvalue weighted by Gasteiger charge is -2.32. The van der Waals surface area contributed by atoms with Crippen molar-refractivity contribution in [2.75, 3.05) is 46.4 Å². The summed E-state index contributed by atoms with van der Waals surface area (Å²) in [6.45, 7) is 7.77. The Bertz CT molecular complexity index is 1280. The number of aliphatic hydroxyl groups is 1. The SMILES string of the molecule is CCCCCCCC(=O)CCCCCC/C=C/C(C(=O)NC(Cc1ccc(OCCCN2CCN(C)CC2)cc1)C(=O)O)C(O)(CC(=O)O)C(=O)O. The Morgan fingerprint density at radius 2 is 1.48 bits per heavy atom. The van der Waals surface area contributed by atoms with E-state index >= 15 is 0 Å². The van der Waals surface area contributed by atoms with Crippen molar-refractivity contribution in [3.05, 3.63) is 42.0 Å². The van der Waals surface area contributed by atoms with E-state index in [1.165, 1.54) is 12.5 Å². The third-order valence-electron chi connectivity index (χ3n) is 9.51. The second kappa shape index (κ2) is 24.4. The van der Waals surface area contributed by atoms with Gasteiger partial charge in [0.1, 0.15) is 17.6 Å². The molecule has 1 fully saturated rings. The fourth-order valence-electron chi connectivity index (χ4n) is 6.20. The van der Waals surface area contributed by atoms with Gasteiger partial charge in [-0.1, -0.05) is 69.7 Å². The quantitative estimate of drug-likeness (QED) is 0.0598. The second-order valence-electron chi connectivity index (χ2n) is 14.0. The first-order valence-electron chi connectivity index (χ1n) is 18.9. The summed E-state index contributed by atoms with van der Waals surface area (Å²) >= 11 is 0. The van der Waals surface area contributed by atoms with Crippen LogP contribution in [0.2, 0.25) is 0 Å². The molecule has 292 valence electrons. The van der Waals surface area contributed by atoms with Crippen molar-refractivity contribution in [2.24, 2.45) is 5.92 Å². The fourth-order valence-corrected chi connectivity index (χ4v) is 6.20. The molecule has 1 aliphatic heterocycles. The molecule has 0 aliphatic carbocycles. The molecule has 0 saturated carbocycles. The van der Waals surface area contributed by atoms with E-state index in [9.17, 15) is 44.4 Å². The maximum Gasteiger partial charge on any atom is 0.337 e. The van der Waals surface area contributed by atoms with E-state index < -0.39 is 47.8 Å². The average molecular weight is 732 g/mol. The summed E-state index contributed by atoms with van der Waals surface area (Å²) in [6.07, 6.45) is 12.2. The van der Waals surface area contributed by atoms with Crippen LogP contribution in [0.3, 0.4) is 0 Å². The summed E-state index contributed by atoms with van der Waals surface area (Å²) in [4.78, 5) is 66.0. The van der Waals surface area contributed by atoms with Crippen molar-refractivity contribution in [2.45, 2.75) is 115 Å². The Balaban J connectivity index is 1.92. The van der Waals surface area contributed by atoms with Crippen LogP contribution in [-0.2, 0) is 30.4 Å². The number of hydrogen-bond donors (Lipinski definition) is 5. The van der Waals surface area contributed by atoms with Crippen LogP contribution in [0.1, 0.15) is 102 Å². The summed E-state index contributed by atoms with van der Waals surface area (Å²) in [5.41, 5.74) is -2.45. The number of nitrogens with one attached hydrogen (secondary N) is 1. The highest BCUT2D eigenvalue weighted by atomic mass is 16.5. The number of amides is 1. The standard InChI is InChI=1S/C39H61N3O10/c1-3-4-5-8-11-15-31(43)16-12-9-6-7-10-13-17-33(39(51,38(49)50)29-35(44)45)36(46)40-34(37(47)48)28-30-18-20-32(21-19-30)52-27-14-22-42-25-23-41(2)24-26-42/h13,17-21,33-34,51H,3-12,14-16,22-29H2,1-2H3,(H,40,46)(H,44,45)(H,47,48)(H,49,50)/b17-13+. The molecule has 1 amide bonds. The van der Waals surface area contributed by atoms with Crippen LogP contribution >= 0.6 is 0 Å². The predicted molar refractivity (Wildman–Crippen MR) is 197 cm³/mol. The summed E-state index contributed by atoms with van der Waals surface area (Å²) in [6, 6.07) is 5.29. The smallest absolute Gasteiger partial charge is 0.337 e. The molecule has 5 N–H and O–H groups in total. The van der Waals surface area contributed by atoms with Crippen LogP contribution in [0, 0.1) is 5.92 Å². The molecule has 3 atom stereocenters. The maximum absolute atomic E-state index is 13.4. The lowest BCUT2D eigenvalue weighted by atomic mass is 9.82. The lowest BCUT2D eigenvalue weighted by molar-refractivity contribution is -0.172. The van der Waals surface area contributed by atoms with E-state index in [0.29, 0.717) is 43.6 Å². The minimum absolute atomic E-state index is 0.146. The molecule has 1 saturated heterocycles. The number of carboxylic acids is 3. The number of ketones is 1. The normalized spacial score (nSPS) is 16.2. The Labute approximate surface area is 308 Å². The minimum atomic E-state index is -3.02. The molecule has 2 rings (SSSR count). The molecular weight excluding hydrogens is 670 g/mol. The fraction of sp³-hybridized carbons (Fsp3) is 0.667. The number of Topliss-reactive ketones (excluding diaryl/α,β-unsaturated/α-hetero) is 1. The zero-order chi connectivity index (χ0) is 38.4. The van der Waals surface area contributed by atoms with Crippen molar-refractivity contribution in [1.82, 2.24) is 15.1 Å². The van der Waals surface area contributed by atoms with Gasteiger partial charge in [0, 0.05) is 52.0 Å². The lowest BCUT2D eigenvalue weighted by Crippen LogP contribution is -2.55. The molecule has 52 heavy (non-hydrogen) atoms. The van der Waals surface area contributed by atoms with E-state index in [1.54, 1.807) is 24.3 Å². The van der Waals surface area contributed by atoms with Gasteiger partial charge in [0.2, 0.25) is 5.91 Å². The van der Waals surface area contributed by atoms with Crippen LogP contribution in [-0.4, -0.2) is 118 Å². The van der Waals surface area contributed by atoms with Gasteiger partial charge in [0.05, 0.1) is 18.9 Å². The molecular formula is C39H61N3O10. The Morgan fingerprint density at radius 3 is 2.06 bits per heavy atom. The van der Waals surface area contributed by atoms with Gasteiger partial charge >= 0.3 is 17.9 Å². The molecule has 13 nitrogen and oxygen atoms in total. The first-order chi connectivity index (χ1) is 24.8. The summed E-state index contributed by atoms with van der Waals surface area (Å²) in [5, 5.41) is 42.4. The number of carbonyl (C=O) groups is 5. The molecule has 1 aromatic rings. The highest BCUT2D eigenvalue weighted by molar-refractivity contribution is 5.94. The van der Waals surface area contributed by atoms with E-state index in [0.717, 1.165) is 90.2 Å². The predicted octanol–water partition coefficient (Wildman–Crippen LogP) is 4.55. The third kappa shape index (κ3) is 17.1. The van der Waals surface area contributed by atoms with E-state index in [4.69, 9.17) is 4.74 Å². The van der Waals surface area contributed by atoms with Crippen LogP contribution < -0.4 is 10.1 Å². The van der Waals surface area contributed by atoms with Gasteiger partial charge in [-0.05, 0) is 56.8 Å². The zero-order valence-corrected chi connectivity index (χ0v) is 31.1. The number of ether oxygens (including phenoxy) is 1. The van der Waals surface area contributed by atoms with Crippen molar-refractivity contribution in [3.63, 3.8) is 0 Å². The Hall–Kier alpha value is -3.81. The van der Waals surface area contributed by atoms with Gasteiger partial charge in [-0.15, -0.1) is 0 Å². The molecule has 0 aromatic heterocycles. The summed E-state index contributed by atoms with van der Waals surface area (Å²) in [7, 11) is 2.11. The van der Waals surface area contributed by atoms with Crippen LogP contribution in [0.4, 0.5) is 0 Å². The van der Waals surface area contributed by atoms with Crippen molar-refractivity contribution in [1.29, 1.82) is 0 Å². The largest absolute Gasteiger partial charge is 0.494 e. The third-order valence-corrected chi connectivity index (χ3v) is 9.51. The number of unbranched alkanes of at least 4 members (excludes halogenated alkanes) is 8. The molecule has 0 radical (unpaired) electrons. The molecule has 13 heteroatoms. The Kier molecular flexibility index (Phi) is 20.8. The Morgan fingerprint density at radius 1 is 0.865 bits per heavy atom. The van der Waals surface area contributed by atoms with Gasteiger partial charge in [0.15, 0.2) is 5.60 Å². The van der Waals surface area contributed by atoms with Gasteiger partial charge in [-0.25, -0.2) is 9.59 Å². The number of allylic oxidation sites excluding steroid dienone is 1. The second-order valence-corrected chi connectivity index (χ2v) is 14.0. The van der Waals surface area contributed by atoms with Crippen molar-refractivity contribution in [3.8, 4) is 5.75 Å². The molecule has 0 spiro atoms. The van der Waals surface area contributed by atoms with Crippen LogP contribution in [0.15, 0.2) is 36.4 Å². The molecule has 0 bridgehead atoms. The number of rotatable bonds is 28. The summed E-state index contributed by atoms with van der Waals surface area (Å²) in [5.74, 6) is -7.05. The molecule has 3 unspecified atom stereocenters. The highest BCUT2D eigenvalue weighted by Crippen LogP contribution is 2.26. The van der Waals surface area contributed by atoms with E-state index in [-0.39, 0.29) is 12.2 Å². The van der Waals surface area contributed by atoms with Crippen molar-refractivity contribution >= 4 is 29.6 Å². The average Bonchev–Trinajstić information content (AvgIpc) is 3.10. The van der Waals surface area contributed by atoms with Crippen molar-refractivity contribution < 1.29 is 49.1 Å². The number of carbonyl (C=O) groups excluding carboxylic acids is 2. The summed E-state index contributed by atoms with van der Waals surface area (Å²) < 4.78 is 5.84. The number of nitrogens with zero attached hydrogens (tertiary/aromatic N) is 2. The minimum Gasteiger partial charge on any atom is -0.494 e. The van der Waals surface area contributed by atoms with Crippen LogP contribution in [0.5, 0.6) is 5.75 Å².